The number of hydrogen-bond donors (Lipinski definition) is 3. The maximum absolute atomic E-state index is 13.0. The van der Waals surface area contributed by atoms with Gasteiger partial charge in [0.1, 0.15) is 5.52 Å². The molecular formula is C31H30N6O. The molecule has 6 rings (SSSR count). The van der Waals surface area contributed by atoms with E-state index < -0.39 is 5.54 Å². The van der Waals surface area contributed by atoms with Crippen LogP contribution >= 0.6 is 0 Å². The Morgan fingerprint density at radius 1 is 0.868 bits per heavy atom. The molecule has 5 aromatic rings. The second kappa shape index (κ2) is 10.5. The van der Waals surface area contributed by atoms with Gasteiger partial charge in [0.2, 0.25) is 0 Å². The van der Waals surface area contributed by atoms with Gasteiger partial charge < -0.3 is 10.3 Å². The minimum absolute atomic E-state index is 0.0248. The first-order chi connectivity index (χ1) is 18.7. The summed E-state index contributed by atoms with van der Waals surface area (Å²) < 4.78 is 0. The Bertz CT molecular complexity index is 1410. The van der Waals surface area contributed by atoms with E-state index >= 15 is 0 Å². The lowest BCUT2D eigenvalue weighted by molar-refractivity contribution is 0.108. The monoisotopic (exact) mass is 502 g/mol. The SMILES string of the molecule is O=C(Nc1cnc2[nH]ccc2n1)NC1CCCN(C(c2ccccc2)(c2ccccc2)c2ccccc2)C1. The molecule has 7 nitrogen and oxygen atoms in total. The van der Waals surface area contributed by atoms with Crippen molar-refractivity contribution in [1.29, 1.82) is 0 Å². The van der Waals surface area contributed by atoms with Crippen molar-refractivity contribution in [2.75, 3.05) is 18.4 Å². The summed E-state index contributed by atoms with van der Waals surface area (Å²) in [5.74, 6) is 0.425. The number of amides is 2. The fourth-order valence-corrected chi connectivity index (χ4v) is 5.71. The predicted molar refractivity (Wildman–Crippen MR) is 150 cm³/mol. The first kappa shape index (κ1) is 23.9. The summed E-state index contributed by atoms with van der Waals surface area (Å²) in [7, 11) is 0. The highest BCUT2D eigenvalue weighted by atomic mass is 16.2. The number of hydrogen-bond acceptors (Lipinski definition) is 4. The van der Waals surface area contributed by atoms with E-state index in [1.807, 2.05) is 6.07 Å². The summed E-state index contributed by atoms with van der Waals surface area (Å²) in [6.07, 6.45) is 5.22. The van der Waals surface area contributed by atoms with Crippen molar-refractivity contribution in [2.45, 2.75) is 24.4 Å². The second-order valence-corrected chi connectivity index (χ2v) is 9.66. The van der Waals surface area contributed by atoms with Crippen molar-refractivity contribution in [2.24, 2.45) is 0 Å². The smallest absolute Gasteiger partial charge is 0.320 e. The van der Waals surface area contributed by atoms with E-state index in [1.165, 1.54) is 16.7 Å². The molecule has 2 aromatic heterocycles. The Morgan fingerprint density at radius 3 is 2.08 bits per heavy atom. The van der Waals surface area contributed by atoms with Crippen molar-refractivity contribution in [3.05, 3.63) is 126 Å². The molecule has 1 unspecified atom stereocenters. The molecule has 3 N–H and O–H groups in total. The lowest BCUT2D eigenvalue weighted by Crippen LogP contribution is -2.57. The quantitative estimate of drug-likeness (QED) is 0.266. The highest BCUT2D eigenvalue weighted by molar-refractivity contribution is 5.89. The van der Waals surface area contributed by atoms with Crippen LogP contribution in [0.2, 0.25) is 0 Å². The molecule has 1 aliphatic heterocycles. The number of benzene rings is 3. The van der Waals surface area contributed by atoms with Crippen LogP contribution in [0, 0.1) is 0 Å². The number of aromatic nitrogens is 3. The van der Waals surface area contributed by atoms with E-state index in [4.69, 9.17) is 0 Å². The van der Waals surface area contributed by atoms with Crippen molar-refractivity contribution >= 4 is 23.0 Å². The van der Waals surface area contributed by atoms with Gasteiger partial charge >= 0.3 is 6.03 Å². The Hall–Kier alpha value is -4.49. The predicted octanol–water partition coefficient (Wildman–Crippen LogP) is 5.54. The van der Waals surface area contributed by atoms with Gasteiger partial charge in [-0.1, -0.05) is 91.0 Å². The number of piperidine rings is 1. The Balaban J connectivity index is 1.31. The van der Waals surface area contributed by atoms with Gasteiger partial charge in [0.25, 0.3) is 0 Å². The van der Waals surface area contributed by atoms with E-state index in [1.54, 1.807) is 12.4 Å². The maximum Gasteiger partial charge on any atom is 0.320 e. The topological polar surface area (TPSA) is 85.9 Å². The number of anilines is 1. The molecule has 0 aliphatic carbocycles. The molecule has 190 valence electrons. The van der Waals surface area contributed by atoms with Gasteiger partial charge in [0.15, 0.2) is 11.5 Å². The number of carbonyl (C=O) groups is 1. The van der Waals surface area contributed by atoms with Crippen LogP contribution in [0.5, 0.6) is 0 Å². The number of rotatable bonds is 6. The third-order valence-corrected chi connectivity index (χ3v) is 7.31. The molecule has 1 atom stereocenters. The molecule has 1 aliphatic rings. The van der Waals surface area contributed by atoms with Crippen molar-refractivity contribution in [1.82, 2.24) is 25.2 Å². The lowest BCUT2D eigenvalue weighted by Gasteiger charge is -2.49. The van der Waals surface area contributed by atoms with Crippen LogP contribution in [0.3, 0.4) is 0 Å². The van der Waals surface area contributed by atoms with Gasteiger partial charge in [0.05, 0.1) is 11.7 Å². The number of carbonyl (C=O) groups excluding carboxylic acids is 1. The average Bonchev–Trinajstić information content (AvgIpc) is 3.44. The lowest BCUT2D eigenvalue weighted by atomic mass is 9.74. The normalized spacial score (nSPS) is 16.3. The Kier molecular flexibility index (Phi) is 6.58. The number of likely N-dealkylation sites (tertiary alicyclic amines) is 1. The molecule has 38 heavy (non-hydrogen) atoms. The first-order valence-electron chi connectivity index (χ1n) is 13.0. The average molecular weight is 503 g/mol. The summed E-state index contributed by atoms with van der Waals surface area (Å²) in [5, 5.41) is 6.06. The Morgan fingerprint density at radius 2 is 1.47 bits per heavy atom. The van der Waals surface area contributed by atoms with Crippen molar-refractivity contribution in [3.63, 3.8) is 0 Å². The molecule has 3 heterocycles. The minimum atomic E-state index is -0.495. The highest BCUT2D eigenvalue weighted by Gasteiger charge is 2.43. The zero-order valence-electron chi connectivity index (χ0n) is 21.0. The van der Waals surface area contributed by atoms with Crippen molar-refractivity contribution < 1.29 is 4.79 Å². The molecule has 7 heteroatoms. The van der Waals surface area contributed by atoms with Crippen molar-refractivity contribution in [3.8, 4) is 0 Å². The third kappa shape index (κ3) is 4.53. The minimum Gasteiger partial charge on any atom is -0.345 e. The van der Waals surface area contributed by atoms with Crippen LogP contribution in [0.4, 0.5) is 10.6 Å². The molecule has 0 radical (unpaired) electrons. The number of urea groups is 1. The molecule has 0 spiro atoms. The van der Waals surface area contributed by atoms with Gasteiger partial charge in [-0.2, -0.15) is 0 Å². The standard InChI is InChI=1S/C31H30N6O/c38-30(36-28-21-33-29-27(35-28)18-19-32-29)34-26-17-10-20-37(22-26)31(23-11-4-1-5-12-23,24-13-6-2-7-14-24)25-15-8-3-9-16-25/h1-9,11-16,18-19,21,26H,10,17,20,22H2,(H,32,33)(H2,34,35,36,38). The summed E-state index contributed by atoms with van der Waals surface area (Å²) in [6, 6.07) is 33.6. The summed E-state index contributed by atoms with van der Waals surface area (Å²) in [4.78, 5) is 27.3. The molecule has 1 fully saturated rings. The maximum atomic E-state index is 13.0. The largest absolute Gasteiger partial charge is 0.345 e. The molecule has 3 aromatic carbocycles. The molecule has 2 amide bonds. The van der Waals surface area contributed by atoms with Crippen LogP contribution in [0.25, 0.3) is 11.2 Å². The van der Waals surface area contributed by atoms with Crippen LogP contribution in [-0.2, 0) is 5.54 Å². The van der Waals surface area contributed by atoms with E-state index in [9.17, 15) is 4.79 Å². The molecular weight excluding hydrogens is 472 g/mol. The third-order valence-electron chi connectivity index (χ3n) is 7.31. The molecule has 0 bridgehead atoms. The summed E-state index contributed by atoms with van der Waals surface area (Å²) >= 11 is 0. The van der Waals surface area contributed by atoms with Gasteiger partial charge in [-0.15, -0.1) is 0 Å². The van der Waals surface area contributed by atoms with E-state index in [0.29, 0.717) is 23.5 Å². The van der Waals surface area contributed by atoms with Crippen LogP contribution in [0.1, 0.15) is 29.5 Å². The van der Waals surface area contributed by atoms with Crippen LogP contribution in [-0.4, -0.2) is 45.0 Å². The number of H-pyrrole nitrogens is 1. The van der Waals surface area contributed by atoms with E-state index in [-0.39, 0.29) is 12.1 Å². The molecule has 1 saturated heterocycles. The zero-order chi connectivity index (χ0) is 25.8. The Labute approximate surface area is 222 Å². The van der Waals surface area contributed by atoms with Gasteiger partial charge in [-0.3, -0.25) is 10.2 Å². The first-order valence-corrected chi connectivity index (χ1v) is 13.0. The van der Waals surface area contributed by atoms with Gasteiger partial charge in [0, 0.05) is 18.8 Å². The van der Waals surface area contributed by atoms with E-state index in [2.05, 4.69) is 121 Å². The second-order valence-electron chi connectivity index (χ2n) is 9.66. The van der Waals surface area contributed by atoms with E-state index in [0.717, 1.165) is 19.4 Å². The zero-order valence-corrected chi connectivity index (χ0v) is 21.0. The number of nitrogens with zero attached hydrogens (tertiary/aromatic N) is 3. The van der Waals surface area contributed by atoms with Crippen LogP contribution < -0.4 is 10.6 Å². The van der Waals surface area contributed by atoms with Crippen LogP contribution in [0.15, 0.2) is 109 Å². The fraction of sp³-hybridized carbons (Fsp3) is 0.194. The summed E-state index contributed by atoms with van der Waals surface area (Å²) in [6.45, 7) is 1.61. The fourth-order valence-electron chi connectivity index (χ4n) is 5.71. The highest BCUT2D eigenvalue weighted by Crippen LogP contribution is 2.43. The van der Waals surface area contributed by atoms with Gasteiger partial charge in [-0.25, -0.2) is 14.8 Å². The number of nitrogens with one attached hydrogen (secondary N) is 3. The number of fused-ring (bicyclic) bond motifs is 1. The number of aromatic amines is 1. The molecule has 0 saturated carbocycles. The van der Waals surface area contributed by atoms with Gasteiger partial charge in [-0.05, 0) is 42.1 Å². The summed E-state index contributed by atoms with van der Waals surface area (Å²) in [5.41, 5.74) is 4.53.